The van der Waals surface area contributed by atoms with Crippen molar-refractivity contribution in [2.75, 3.05) is 6.54 Å². The van der Waals surface area contributed by atoms with Gasteiger partial charge in [0.25, 0.3) is 5.91 Å². The molecule has 2 rings (SSSR count). The number of aromatic nitrogens is 1. The van der Waals surface area contributed by atoms with E-state index in [4.69, 9.17) is 5.11 Å². The molecular formula is C14H14N2O3. The van der Waals surface area contributed by atoms with E-state index in [1.807, 2.05) is 18.2 Å². The number of pyridine rings is 1. The predicted octanol–water partition coefficient (Wildman–Crippen LogP) is 1.47. The molecule has 0 aliphatic carbocycles. The highest BCUT2D eigenvalue weighted by Gasteiger charge is 2.08. The summed E-state index contributed by atoms with van der Waals surface area (Å²) in [5, 5.41) is 21.2. The number of hydrogen-bond acceptors (Lipinski definition) is 4. The molecule has 3 N–H and O–H groups in total. The van der Waals surface area contributed by atoms with Crippen LogP contribution in [0.3, 0.4) is 0 Å². The normalized spacial score (nSPS) is 10.1. The van der Waals surface area contributed by atoms with Crippen LogP contribution in [0.4, 0.5) is 0 Å². The lowest BCUT2D eigenvalue weighted by molar-refractivity contribution is 0.0953. The fraction of sp³-hybridized carbons (Fsp3) is 0.143. The lowest BCUT2D eigenvalue weighted by Gasteiger charge is -2.06. The van der Waals surface area contributed by atoms with Crippen LogP contribution in [-0.2, 0) is 6.42 Å². The summed E-state index contributed by atoms with van der Waals surface area (Å²) >= 11 is 0. The minimum Gasteiger partial charge on any atom is -0.504 e. The first-order valence-corrected chi connectivity index (χ1v) is 5.87. The minimum absolute atomic E-state index is 0.245. The number of benzene rings is 1. The van der Waals surface area contributed by atoms with Crippen LogP contribution in [0.25, 0.3) is 0 Å². The number of rotatable bonds is 4. The zero-order valence-corrected chi connectivity index (χ0v) is 10.2. The van der Waals surface area contributed by atoms with Crippen molar-refractivity contribution in [3.63, 3.8) is 0 Å². The third-order valence-corrected chi connectivity index (χ3v) is 2.63. The quantitative estimate of drug-likeness (QED) is 0.725. The van der Waals surface area contributed by atoms with Crippen molar-refractivity contribution in [2.24, 2.45) is 0 Å². The van der Waals surface area contributed by atoms with Gasteiger partial charge < -0.3 is 15.5 Å². The number of nitrogens with zero attached hydrogens (tertiary/aromatic N) is 1. The highest BCUT2D eigenvalue weighted by molar-refractivity contribution is 5.94. The zero-order chi connectivity index (χ0) is 13.7. The average molecular weight is 258 g/mol. The third kappa shape index (κ3) is 3.45. The van der Waals surface area contributed by atoms with E-state index < -0.39 is 0 Å². The van der Waals surface area contributed by atoms with E-state index in [9.17, 15) is 9.90 Å². The maximum atomic E-state index is 11.8. The van der Waals surface area contributed by atoms with E-state index in [1.54, 1.807) is 6.20 Å². The van der Waals surface area contributed by atoms with E-state index in [-0.39, 0.29) is 17.4 Å². The van der Waals surface area contributed by atoms with Crippen molar-refractivity contribution < 1.29 is 15.0 Å². The Morgan fingerprint density at radius 1 is 1.16 bits per heavy atom. The summed E-state index contributed by atoms with van der Waals surface area (Å²) in [6.07, 6.45) is 2.34. The summed E-state index contributed by atoms with van der Waals surface area (Å²) in [5.74, 6) is -0.853. The number of nitrogens with one attached hydrogen (secondary N) is 1. The van der Waals surface area contributed by atoms with E-state index in [0.717, 1.165) is 5.69 Å². The molecule has 0 bridgehead atoms. The molecule has 2 aromatic rings. The van der Waals surface area contributed by atoms with Crippen molar-refractivity contribution >= 4 is 5.91 Å². The number of phenolic OH excluding ortho intramolecular Hbond substituents is 2. The summed E-state index contributed by atoms with van der Waals surface area (Å²) in [6.45, 7) is 0.456. The molecule has 0 aliphatic heterocycles. The van der Waals surface area contributed by atoms with Crippen molar-refractivity contribution in [3.05, 3.63) is 53.9 Å². The summed E-state index contributed by atoms with van der Waals surface area (Å²) in [7, 11) is 0. The monoisotopic (exact) mass is 258 g/mol. The molecule has 0 aliphatic rings. The Hall–Kier alpha value is -2.56. The van der Waals surface area contributed by atoms with Gasteiger partial charge in [0.1, 0.15) is 0 Å². The topological polar surface area (TPSA) is 82.5 Å². The standard InChI is InChI=1S/C14H14N2O3/c17-12-5-4-10(9-13(12)18)14(19)16-8-6-11-3-1-2-7-15-11/h1-5,7,9,17-18H,6,8H2,(H,16,19). The molecule has 1 aromatic heterocycles. The molecule has 5 nitrogen and oxygen atoms in total. The molecular weight excluding hydrogens is 244 g/mol. The van der Waals surface area contributed by atoms with Crippen molar-refractivity contribution in [1.29, 1.82) is 0 Å². The smallest absolute Gasteiger partial charge is 0.251 e. The predicted molar refractivity (Wildman–Crippen MR) is 70.0 cm³/mol. The largest absolute Gasteiger partial charge is 0.504 e. The Morgan fingerprint density at radius 3 is 2.68 bits per heavy atom. The molecule has 0 atom stereocenters. The van der Waals surface area contributed by atoms with Crippen LogP contribution in [0.15, 0.2) is 42.6 Å². The second-order valence-corrected chi connectivity index (χ2v) is 4.03. The Morgan fingerprint density at radius 2 is 2.00 bits per heavy atom. The molecule has 1 heterocycles. The molecule has 98 valence electrons. The van der Waals surface area contributed by atoms with Gasteiger partial charge >= 0.3 is 0 Å². The van der Waals surface area contributed by atoms with Gasteiger partial charge in [-0.1, -0.05) is 6.07 Å². The molecule has 19 heavy (non-hydrogen) atoms. The molecule has 1 amide bonds. The number of amides is 1. The van der Waals surface area contributed by atoms with Gasteiger partial charge in [0, 0.05) is 30.4 Å². The van der Waals surface area contributed by atoms with Crippen molar-refractivity contribution in [1.82, 2.24) is 10.3 Å². The summed E-state index contributed by atoms with van der Waals surface area (Å²) in [5.41, 5.74) is 1.20. The first kappa shape index (κ1) is 12.9. The highest BCUT2D eigenvalue weighted by atomic mass is 16.3. The molecule has 0 spiro atoms. The van der Waals surface area contributed by atoms with E-state index >= 15 is 0 Å². The van der Waals surface area contributed by atoms with Gasteiger partial charge in [-0.2, -0.15) is 0 Å². The van der Waals surface area contributed by atoms with Gasteiger partial charge in [-0.05, 0) is 30.3 Å². The number of carbonyl (C=O) groups excluding carboxylic acids is 1. The van der Waals surface area contributed by atoms with Crippen LogP contribution in [0.2, 0.25) is 0 Å². The average Bonchev–Trinajstić information content (AvgIpc) is 2.43. The molecule has 0 fully saturated rings. The van der Waals surface area contributed by atoms with Crippen LogP contribution in [0.1, 0.15) is 16.1 Å². The lowest BCUT2D eigenvalue weighted by atomic mass is 10.2. The van der Waals surface area contributed by atoms with Gasteiger partial charge in [0.2, 0.25) is 0 Å². The van der Waals surface area contributed by atoms with Gasteiger partial charge in [0.15, 0.2) is 11.5 Å². The highest BCUT2D eigenvalue weighted by Crippen LogP contribution is 2.24. The van der Waals surface area contributed by atoms with Crippen molar-refractivity contribution in [2.45, 2.75) is 6.42 Å². The number of hydrogen-bond donors (Lipinski definition) is 3. The van der Waals surface area contributed by atoms with Gasteiger partial charge in [-0.15, -0.1) is 0 Å². The maximum Gasteiger partial charge on any atom is 0.251 e. The third-order valence-electron chi connectivity index (χ3n) is 2.63. The van der Waals surface area contributed by atoms with Gasteiger partial charge in [-0.3, -0.25) is 9.78 Å². The van der Waals surface area contributed by atoms with E-state index in [2.05, 4.69) is 10.3 Å². The van der Waals surface area contributed by atoms with E-state index in [0.29, 0.717) is 18.5 Å². The molecule has 0 radical (unpaired) electrons. The fourth-order valence-corrected chi connectivity index (χ4v) is 1.62. The second-order valence-electron chi connectivity index (χ2n) is 4.03. The molecule has 0 saturated carbocycles. The Kier molecular flexibility index (Phi) is 3.97. The molecule has 0 saturated heterocycles. The number of aromatic hydroxyl groups is 2. The van der Waals surface area contributed by atoms with Crippen molar-refractivity contribution in [3.8, 4) is 11.5 Å². The van der Waals surface area contributed by atoms with E-state index in [1.165, 1.54) is 18.2 Å². The Labute approximate surface area is 110 Å². The molecule has 5 heteroatoms. The molecule has 0 unspecified atom stereocenters. The SMILES string of the molecule is O=C(NCCc1ccccn1)c1ccc(O)c(O)c1. The van der Waals surface area contributed by atoms with Crippen LogP contribution in [0, 0.1) is 0 Å². The van der Waals surface area contributed by atoms with Crippen LogP contribution in [0.5, 0.6) is 11.5 Å². The zero-order valence-electron chi connectivity index (χ0n) is 10.2. The van der Waals surface area contributed by atoms with Crippen LogP contribution >= 0.6 is 0 Å². The summed E-state index contributed by atoms with van der Waals surface area (Å²) in [4.78, 5) is 15.9. The second kappa shape index (κ2) is 5.86. The number of carbonyl (C=O) groups is 1. The summed E-state index contributed by atoms with van der Waals surface area (Å²) < 4.78 is 0. The molecule has 1 aromatic carbocycles. The van der Waals surface area contributed by atoms with Crippen LogP contribution < -0.4 is 5.32 Å². The van der Waals surface area contributed by atoms with Gasteiger partial charge in [-0.25, -0.2) is 0 Å². The minimum atomic E-state index is -0.308. The maximum absolute atomic E-state index is 11.8. The lowest BCUT2D eigenvalue weighted by Crippen LogP contribution is -2.25. The Balaban J connectivity index is 1.89. The first-order valence-electron chi connectivity index (χ1n) is 5.87. The number of phenols is 2. The first-order chi connectivity index (χ1) is 9.16. The van der Waals surface area contributed by atoms with Gasteiger partial charge in [0.05, 0.1) is 0 Å². The Bertz CT molecular complexity index is 570. The summed E-state index contributed by atoms with van der Waals surface area (Å²) in [6, 6.07) is 9.57. The fourth-order valence-electron chi connectivity index (χ4n) is 1.62. The van der Waals surface area contributed by atoms with Crippen LogP contribution in [-0.4, -0.2) is 27.6 Å².